The Morgan fingerprint density at radius 1 is 1.05 bits per heavy atom. The van der Waals surface area contributed by atoms with E-state index in [1.807, 2.05) is 26.8 Å². The fourth-order valence-electron chi connectivity index (χ4n) is 3.99. The van der Waals surface area contributed by atoms with Gasteiger partial charge in [0.05, 0.1) is 6.10 Å². The number of hydrogen-bond acceptors (Lipinski definition) is 4. The molecule has 0 aromatic heterocycles. The van der Waals surface area contributed by atoms with Crippen molar-refractivity contribution in [2.24, 2.45) is 11.8 Å². The molecule has 0 aromatic rings. The number of carbonyl (C=O) groups excluding carboxylic acids is 2. The molecule has 0 saturated heterocycles. The van der Waals surface area contributed by atoms with Crippen molar-refractivity contribution < 1.29 is 18.8 Å². The van der Waals surface area contributed by atoms with Gasteiger partial charge in [-0.05, 0) is 91.8 Å². The van der Waals surface area contributed by atoms with E-state index in [1.165, 1.54) is 22.1 Å². The fourth-order valence-corrected chi connectivity index (χ4v) is 5.21. The summed E-state index contributed by atoms with van der Waals surface area (Å²) in [5.41, 5.74) is 1.99. The van der Waals surface area contributed by atoms with Gasteiger partial charge in [-0.15, -0.1) is 0 Å². The summed E-state index contributed by atoms with van der Waals surface area (Å²) in [7, 11) is -1.74. The maximum absolute atomic E-state index is 13.0. The van der Waals surface area contributed by atoms with E-state index in [4.69, 9.17) is 9.16 Å². The van der Waals surface area contributed by atoms with Crippen LogP contribution in [-0.4, -0.2) is 43.5 Å². The van der Waals surface area contributed by atoms with Crippen molar-refractivity contribution in [3.63, 3.8) is 0 Å². The third kappa shape index (κ3) is 15.0. The Morgan fingerprint density at radius 3 is 2.35 bits per heavy atom. The predicted octanol–water partition coefficient (Wildman–Crippen LogP) is 8.38. The summed E-state index contributed by atoms with van der Waals surface area (Å²) in [6, 6.07) is 0. The molecule has 5 nitrogen and oxygen atoms in total. The standard InChI is InChI=1S/C31H51NO4Si/c1-24-16-12-11-13-17-26(3)23-32(30(34)35-31(5,6)7)29(33)19-15-14-18-27(4)28(36-37(8,9)10)21-20-25(2)22-24/h11-12,14-16,18-20,26-28H,13,17,21-23H2,1-10H3/b12-11+,18-14+,19-15+,24-16+,25-20+/t26-,27-,28-/m0/s1. The Hall–Kier alpha value is -2.18. The molecule has 208 valence electrons. The van der Waals surface area contributed by atoms with Crippen molar-refractivity contribution in [3.8, 4) is 0 Å². The monoisotopic (exact) mass is 529 g/mol. The average molecular weight is 530 g/mol. The molecule has 0 aliphatic carbocycles. The highest BCUT2D eigenvalue weighted by molar-refractivity contribution is 6.69. The van der Waals surface area contributed by atoms with E-state index in [0.717, 1.165) is 25.7 Å². The quantitative estimate of drug-likeness (QED) is 0.266. The summed E-state index contributed by atoms with van der Waals surface area (Å²) in [6.45, 7) is 20.9. The zero-order valence-corrected chi connectivity index (χ0v) is 26.0. The number of ether oxygens (including phenoxy) is 1. The minimum absolute atomic E-state index is 0.0656. The van der Waals surface area contributed by atoms with Gasteiger partial charge in [0.2, 0.25) is 0 Å². The SMILES string of the molecule is C/C1=C\C=C\CC[C@H](C)CN(C(=O)OC(C)(C)C)C(=O)/C=C/C=C/[C@H](C)[C@@H](O[Si](C)(C)C)C/C=C(\C)C1. The van der Waals surface area contributed by atoms with Crippen molar-refractivity contribution >= 4 is 20.3 Å². The number of rotatable bonds is 2. The van der Waals surface area contributed by atoms with Crippen LogP contribution in [0.25, 0.3) is 0 Å². The number of hydrogen-bond donors (Lipinski definition) is 0. The van der Waals surface area contributed by atoms with E-state index in [9.17, 15) is 9.59 Å². The third-order valence-electron chi connectivity index (χ3n) is 5.83. The molecule has 0 saturated carbocycles. The molecule has 1 aliphatic rings. The lowest BCUT2D eigenvalue weighted by Gasteiger charge is -2.29. The lowest BCUT2D eigenvalue weighted by Crippen LogP contribution is -2.42. The van der Waals surface area contributed by atoms with Gasteiger partial charge in [0.15, 0.2) is 8.32 Å². The number of amides is 2. The number of imide groups is 1. The number of carbonyl (C=O) groups is 2. The molecule has 0 fully saturated rings. The first-order valence-electron chi connectivity index (χ1n) is 13.6. The first kappa shape index (κ1) is 32.8. The fraction of sp³-hybridized carbons (Fsp3) is 0.613. The maximum atomic E-state index is 13.0. The molecular weight excluding hydrogens is 478 g/mol. The molecule has 2 amide bonds. The van der Waals surface area contributed by atoms with Gasteiger partial charge in [-0.1, -0.05) is 67.5 Å². The molecule has 0 aromatic carbocycles. The molecule has 3 atom stereocenters. The Morgan fingerprint density at radius 2 is 1.73 bits per heavy atom. The maximum Gasteiger partial charge on any atom is 0.417 e. The van der Waals surface area contributed by atoms with Crippen LogP contribution in [0.5, 0.6) is 0 Å². The van der Waals surface area contributed by atoms with Crippen molar-refractivity contribution in [1.29, 1.82) is 0 Å². The van der Waals surface area contributed by atoms with Gasteiger partial charge >= 0.3 is 6.09 Å². The first-order valence-corrected chi connectivity index (χ1v) is 17.0. The Labute approximate surface area is 227 Å². The molecule has 0 N–H and O–H groups in total. The minimum atomic E-state index is -1.74. The van der Waals surface area contributed by atoms with Crippen LogP contribution in [0.4, 0.5) is 4.79 Å². The Bertz CT molecular complexity index is 899. The molecule has 1 heterocycles. The molecule has 0 radical (unpaired) electrons. The molecule has 1 rings (SSSR count). The zero-order valence-electron chi connectivity index (χ0n) is 25.0. The topological polar surface area (TPSA) is 55.8 Å². The van der Waals surface area contributed by atoms with Crippen LogP contribution in [0.3, 0.4) is 0 Å². The predicted molar refractivity (Wildman–Crippen MR) is 158 cm³/mol. The van der Waals surface area contributed by atoms with Crippen molar-refractivity contribution in [2.75, 3.05) is 6.54 Å². The van der Waals surface area contributed by atoms with E-state index in [2.05, 4.69) is 77.7 Å². The van der Waals surface area contributed by atoms with E-state index < -0.39 is 20.0 Å². The number of nitrogens with zero attached hydrogens (tertiary/aromatic N) is 1. The summed E-state index contributed by atoms with van der Waals surface area (Å²) >= 11 is 0. The molecule has 1 aliphatic heterocycles. The highest BCUT2D eigenvalue weighted by Crippen LogP contribution is 2.22. The first-order chi connectivity index (χ1) is 17.1. The van der Waals surface area contributed by atoms with Gasteiger partial charge < -0.3 is 9.16 Å². The second kappa shape index (κ2) is 15.3. The second-order valence-electron chi connectivity index (χ2n) is 12.4. The van der Waals surface area contributed by atoms with Crippen LogP contribution >= 0.6 is 0 Å². The van der Waals surface area contributed by atoms with Gasteiger partial charge in [-0.2, -0.15) is 0 Å². The molecule has 37 heavy (non-hydrogen) atoms. The normalized spacial score (nSPS) is 29.3. The van der Waals surface area contributed by atoms with Crippen LogP contribution in [0.2, 0.25) is 19.6 Å². The summed E-state index contributed by atoms with van der Waals surface area (Å²) in [5.74, 6) is -0.0524. The Balaban J connectivity index is 3.26. The van der Waals surface area contributed by atoms with Crippen LogP contribution in [-0.2, 0) is 14.0 Å². The summed E-state index contributed by atoms with van der Waals surface area (Å²) in [6.07, 6.45) is 18.8. The van der Waals surface area contributed by atoms with Crippen LogP contribution in [0.15, 0.2) is 59.8 Å². The zero-order chi connectivity index (χ0) is 28.2. The molecule has 0 bridgehead atoms. The summed E-state index contributed by atoms with van der Waals surface area (Å²) < 4.78 is 12.1. The van der Waals surface area contributed by atoms with Crippen molar-refractivity contribution in [1.82, 2.24) is 4.90 Å². The third-order valence-corrected chi connectivity index (χ3v) is 6.84. The van der Waals surface area contributed by atoms with Crippen LogP contribution < -0.4 is 0 Å². The van der Waals surface area contributed by atoms with Crippen molar-refractivity contribution in [3.05, 3.63) is 59.8 Å². The summed E-state index contributed by atoms with van der Waals surface area (Å²) in [5, 5.41) is 0. The highest BCUT2D eigenvalue weighted by atomic mass is 28.4. The van der Waals surface area contributed by atoms with E-state index in [0.29, 0.717) is 6.54 Å². The smallest absolute Gasteiger partial charge is 0.417 e. The van der Waals surface area contributed by atoms with Gasteiger partial charge in [0.1, 0.15) is 5.60 Å². The second-order valence-corrected chi connectivity index (χ2v) is 16.8. The molecular formula is C31H51NO4Si. The lowest BCUT2D eigenvalue weighted by atomic mass is 9.98. The van der Waals surface area contributed by atoms with Crippen molar-refractivity contribution in [2.45, 2.75) is 105 Å². The largest absolute Gasteiger partial charge is 0.443 e. The Kier molecular flexibility index (Phi) is 13.6. The van der Waals surface area contributed by atoms with Crippen LogP contribution in [0.1, 0.15) is 74.1 Å². The lowest BCUT2D eigenvalue weighted by molar-refractivity contribution is -0.125. The van der Waals surface area contributed by atoms with E-state index >= 15 is 0 Å². The number of allylic oxidation sites excluding steroid dienone is 7. The molecule has 0 spiro atoms. The van der Waals surface area contributed by atoms with E-state index in [-0.39, 0.29) is 23.8 Å². The average Bonchev–Trinajstić information content (AvgIpc) is 2.74. The van der Waals surface area contributed by atoms with Gasteiger partial charge in [-0.3, -0.25) is 4.79 Å². The van der Waals surface area contributed by atoms with Gasteiger partial charge in [0, 0.05) is 12.6 Å². The highest BCUT2D eigenvalue weighted by Gasteiger charge is 2.27. The van der Waals surface area contributed by atoms with Gasteiger partial charge in [-0.25, -0.2) is 9.69 Å². The van der Waals surface area contributed by atoms with E-state index in [1.54, 1.807) is 6.08 Å². The molecule has 6 heteroatoms. The minimum Gasteiger partial charge on any atom is -0.443 e. The molecule has 0 unspecified atom stereocenters. The van der Waals surface area contributed by atoms with Crippen LogP contribution in [0, 0.1) is 11.8 Å². The summed E-state index contributed by atoms with van der Waals surface area (Å²) in [4.78, 5) is 27.1. The van der Waals surface area contributed by atoms with Gasteiger partial charge in [0.25, 0.3) is 5.91 Å².